The van der Waals surface area contributed by atoms with Gasteiger partial charge in [-0.05, 0) is 18.4 Å². The normalized spacial score (nSPS) is 16.6. The molecule has 2 aromatic rings. The van der Waals surface area contributed by atoms with Gasteiger partial charge in [0.05, 0.1) is 18.1 Å². The highest BCUT2D eigenvalue weighted by Crippen LogP contribution is 2.35. The molecule has 1 aromatic carbocycles. The van der Waals surface area contributed by atoms with E-state index in [0.717, 1.165) is 11.1 Å². The number of carbonyl (C=O) groups excluding carboxylic acids is 1. The quantitative estimate of drug-likeness (QED) is 0.908. The van der Waals surface area contributed by atoms with Crippen LogP contribution in [0.25, 0.3) is 0 Å². The molecule has 1 aliphatic rings. The molecular weight excluding hydrogens is 306 g/mol. The number of hydrogen-bond donors (Lipinski definition) is 1. The van der Waals surface area contributed by atoms with Gasteiger partial charge in [-0.1, -0.05) is 30.3 Å². The first-order valence-corrected chi connectivity index (χ1v) is 8.14. The maximum absolute atomic E-state index is 13.1. The van der Waals surface area contributed by atoms with Crippen molar-refractivity contribution in [3.8, 4) is 5.88 Å². The lowest BCUT2D eigenvalue weighted by Gasteiger charge is -2.36. The molecule has 6 nitrogen and oxygen atoms in total. The lowest BCUT2D eigenvalue weighted by molar-refractivity contribution is -0.130. The molecule has 0 unspecified atom stereocenters. The Morgan fingerprint density at radius 3 is 2.71 bits per heavy atom. The number of amides is 1. The molecule has 1 N–H and O–H groups in total. The number of nitrogens with one attached hydrogen (secondary N) is 1. The van der Waals surface area contributed by atoms with Crippen LogP contribution in [0.1, 0.15) is 24.0 Å². The van der Waals surface area contributed by atoms with Crippen LogP contribution in [0.3, 0.4) is 0 Å². The maximum Gasteiger partial charge on any atom is 0.237 e. The molecule has 0 aliphatic carbocycles. The summed E-state index contributed by atoms with van der Waals surface area (Å²) in [6.07, 6.45) is 3.23. The summed E-state index contributed by atoms with van der Waals surface area (Å²) in [5.41, 5.74) is 1.38. The Morgan fingerprint density at radius 1 is 1.33 bits per heavy atom. The zero-order chi connectivity index (χ0) is 17.0. The molecule has 0 atom stereocenters. The lowest BCUT2D eigenvalue weighted by Crippen LogP contribution is -2.47. The van der Waals surface area contributed by atoms with E-state index in [4.69, 9.17) is 9.47 Å². The highest BCUT2D eigenvalue weighted by atomic mass is 16.5. The standard InChI is InChI=1S/C18H23N3O3/c1-21-13-14(16(20-21)23-2)12-19-17(22)18(8-10-24-11-9-18)15-6-4-3-5-7-15/h3-7,13H,8-12H2,1-2H3,(H,19,22). The van der Waals surface area contributed by atoms with Gasteiger partial charge in [-0.25, -0.2) is 0 Å². The summed E-state index contributed by atoms with van der Waals surface area (Å²) in [5.74, 6) is 0.571. The van der Waals surface area contributed by atoms with Crippen molar-refractivity contribution in [3.63, 3.8) is 0 Å². The molecule has 24 heavy (non-hydrogen) atoms. The Hall–Kier alpha value is -2.34. The van der Waals surface area contributed by atoms with Gasteiger partial charge in [0, 0.05) is 33.0 Å². The molecule has 1 aliphatic heterocycles. The Bertz CT molecular complexity index is 691. The van der Waals surface area contributed by atoms with E-state index in [1.807, 2.05) is 43.6 Å². The number of nitrogens with zero attached hydrogens (tertiary/aromatic N) is 2. The van der Waals surface area contributed by atoms with Crippen molar-refractivity contribution in [1.29, 1.82) is 0 Å². The summed E-state index contributed by atoms with van der Waals surface area (Å²) < 4.78 is 12.4. The second-order valence-corrected chi connectivity index (χ2v) is 6.08. The second kappa shape index (κ2) is 7.05. The second-order valence-electron chi connectivity index (χ2n) is 6.08. The first-order valence-electron chi connectivity index (χ1n) is 8.14. The molecule has 0 bridgehead atoms. The first kappa shape index (κ1) is 16.5. The number of carbonyl (C=O) groups is 1. The Morgan fingerprint density at radius 2 is 2.04 bits per heavy atom. The van der Waals surface area contributed by atoms with Gasteiger partial charge < -0.3 is 14.8 Å². The summed E-state index contributed by atoms with van der Waals surface area (Å²) in [7, 11) is 3.41. The van der Waals surface area contributed by atoms with E-state index in [9.17, 15) is 4.79 Å². The highest BCUT2D eigenvalue weighted by Gasteiger charge is 2.41. The van der Waals surface area contributed by atoms with Crippen molar-refractivity contribution in [3.05, 3.63) is 47.7 Å². The number of ether oxygens (including phenoxy) is 2. The van der Waals surface area contributed by atoms with Crippen LogP contribution in [0.5, 0.6) is 5.88 Å². The summed E-state index contributed by atoms with van der Waals surface area (Å²) in [5, 5.41) is 7.29. The van der Waals surface area contributed by atoms with E-state index >= 15 is 0 Å². The molecule has 6 heteroatoms. The fraction of sp³-hybridized carbons (Fsp3) is 0.444. The average molecular weight is 329 g/mol. The molecule has 0 saturated carbocycles. The van der Waals surface area contributed by atoms with Gasteiger partial charge in [-0.3, -0.25) is 9.48 Å². The van der Waals surface area contributed by atoms with E-state index in [2.05, 4.69) is 10.4 Å². The molecule has 1 aromatic heterocycles. The number of benzene rings is 1. The molecule has 1 amide bonds. The number of methoxy groups -OCH3 is 1. The minimum absolute atomic E-state index is 0.0305. The third kappa shape index (κ3) is 3.14. The highest BCUT2D eigenvalue weighted by molar-refractivity contribution is 5.88. The summed E-state index contributed by atoms with van der Waals surface area (Å²) in [4.78, 5) is 13.1. The number of rotatable bonds is 5. The van der Waals surface area contributed by atoms with Crippen LogP contribution < -0.4 is 10.1 Å². The fourth-order valence-electron chi connectivity index (χ4n) is 3.28. The van der Waals surface area contributed by atoms with Crippen LogP contribution in [0.15, 0.2) is 36.5 Å². The molecule has 1 fully saturated rings. The van der Waals surface area contributed by atoms with Gasteiger partial charge in [0.15, 0.2) is 0 Å². The molecule has 0 radical (unpaired) electrons. The predicted octanol–water partition coefficient (Wildman–Crippen LogP) is 1.79. The minimum atomic E-state index is -0.533. The molecule has 128 valence electrons. The summed E-state index contributed by atoms with van der Waals surface area (Å²) >= 11 is 0. The maximum atomic E-state index is 13.1. The van der Waals surface area contributed by atoms with Crippen molar-refractivity contribution in [1.82, 2.24) is 15.1 Å². The number of hydrogen-bond acceptors (Lipinski definition) is 4. The van der Waals surface area contributed by atoms with Gasteiger partial charge in [-0.2, -0.15) is 0 Å². The first-order chi connectivity index (χ1) is 11.7. The van der Waals surface area contributed by atoms with Gasteiger partial charge in [0.25, 0.3) is 0 Å². The zero-order valence-electron chi connectivity index (χ0n) is 14.1. The predicted molar refractivity (Wildman–Crippen MR) is 89.8 cm³/mol. The van der Waals surface area contributed by atoms with Crippen molar-refractivity contribution in [2.45, 2.75) is 24.8 Å². The van der Waals surface area contributed by atoms with Crippen molar-refractivity contribution in [2.75, 3.05) is 20.3 Å². The molecule has 2 heterocycles. The number of aryl methyl sites for hydroxylation is 1. The Balaban J connectivity index is 1.79. The molecular formula is C18H23N3O3. The zero-order valence-corrected chi connectivity index (χ0v) is 14.1. The van der Waals surface area contributed by atoms with Gasteiger partial charge >= 0.3 is 0 Å². The molecule has 0 spiro atoms. The topological polar surface area (TPSA) is 65.4 Å². The van der Waals surface area contributed by atoms with Crippen LogP contribution in [-0.4, -0.2) is 36.0 Å². The van der Waals surface area contributed by atoms with E-state index in [1.165, 1.54) is 0 Å². The minimum Gasteiger partial charge on any atom is -0.480 e. The van der Waals surface area contributed by atoms with Crippen LogP contribution in [0, 0.1) is 0 Å². The van der Waals surface area contributed by atoms with Crippen LogP contribution in [0.4, 0.5) is 0 Å². The van der Waals surface area contributed by atoms with Gasteiger partial charge in [0.1, 0.15) is 0 Å². The Labute approximate surface area is 141 Å². The van der Waals surface area contributed by atoms with Crippen molar-refractivity contribution in [2.24, 2.45) is 7.05 Å². The number of aromatic nitrogens is 2. The molecule has 3 rings (SSSR count). The van der Waals surface area contributed by atoms with Crippen molar-refractivity contribution < 1.29 is 14.3 Å². The average Bonchev–Trinajstić information content (AvgIpc) is 3.00. The SMILES string of the molecule is COc1nn(C)cc1CNC(=O)C1(c2ccccc2)CCOCC1. The fourth-order valence-corrected chi connectivity index (χ4v) is 3.28. The van der Waals surface area contributed by atoms with Gasteiger partial charge in [-0.15, -0.1) is 5.10 Å². The van der Waals surface area contributed by atoms with Gasteiger partial charge in [0.2, 0.25) is 11.8 Å². The summed E-state index contributed by atoms with van der Waals surface area (Å²) in [6.45, 7) is 1.59. The third-order valence-electron chi connectivity index (χ3n) is 4.61. The van der Waals surface area contributed by atoms with E-state index < -0.39 is 5.41 Å². The van der Waals surface area contributed by atoms with E-state index in [1.54, 1.807) is 11.8 Å². The lowest BCUT2D eigenvalue weighted by atomic mass is 9.73. The van der Waals surface area contributed by atoms with Crippen LogP contribution in [0.2, 0.25) is 0 Å². The molecule has 1 saturated heterocycles. The smallest absolute Gasteiger partial charge is 0.237 e. The van der Waals surface area contributed by atoms with E-state index in [-0.39, 0.29) is 5.91 Å². The monoisotopic (exact) mass is 329 g/mol. The Kier molecular flexibility index (Phi) is 4.85. The van der Waals surface area contributed by atoms with Crippen LogP contribution >= 0.6 is 0 Å². The largest absolute Gasteiger partial charge is 0.480 e. The third-order valence-corrected chi connectivity index (χ3v) is 4.61. The van der Waals surface area contributed by atoms with Crippen LogP contribution in [-0.2, 0) is 28.5 Å². The van der Waals surface area contributed by atoms with Crippen molar-refractivity contribution >= 4 is 5.91 Å². The summed E-state index contributed by atoms with van der Waals surface area (Å²) in [6, 6.07) is 9.97. The van der Waals surface area contributed by atoms with E-state index in [0.29, 0.717) is 38.5 Å².